The summed E-state index contributed by atoms with van der Waals surface area (Å²) in [7, 11) is 0. The van der Waals surface area contributed by atoms with E-state index in [-0.39, 0.29) is 11.2 Å². The molecular weight excluding hydrogens is 240 g/mol. The fraction of sp³-hybridized carbons (Fsp3) is 0.545. The van der Waals surface area contributed by atoms with E-state index in [1.54, 1.807) is 6.92 Å². The summed E-state index contributed by atoms with van der Waals surface area (Å²) in [5.41, 5.74) is 0.850. The second-order valence-electron chi connectivity index (χ2n) is 4.67. The molecule has 0 aromatic carbocycles. The van der Waals surface area contributed by atoms with Gasteiger partial charge < -0.3 is 10.6 Å². The third-order valence-electron chi connectivity index (χ3n) is 3.55. The normalized spacial score (nSPS) is 20.9. The number of aryl methyl sites for hydroxylation is 1. The highest BCUT2D eigenvalue weighted by molar-refractivity contribution is 6.28. The molecule has 0 saturated heterocycles. The Morgan fingerprint density at radius 1 is 1.29 bits per heavy atom. The van der Waals surface area contributed by atoms with E-state index < -0.39 is 5.54 Å². The minimum Gasteiger partial charge on any atom is -0.354 e. The first-order chi connectivity index (χ1) is 8.11. The van der Waals surface area contributed by atoms with Gasteiger partial charge in [0.1, 0.15) is 11.2 Å². The Balaban J connectivity index is 2.07. The standard InChI is InChI=1S/C11H13ClN4O/c1-6-7-8(15-10(12)13-6)16-11(9(17)14-7)4-2-3-5-11/h2-5H2,1H3,(H,14,17)(H,13,15,16). The zero-order valence-electron chi connectivity index (χ0n) is 9.51. The second kappa shape index (κ2) is 3.57. The van der Waals surface area contributed by atoms with Gasteiger partial charge in [0.05, 0.1) is 5.69 Å². The Morgan fingerprint density at radius 2 is 2.00 bits per heavy atom. The molecule has 17 heavy (non-hydrogen) atoms. The molecule has 0 bridgehead atoms. The van der Waals surface area contributed by atoms with Crippen molar-refractivity contribution in [3.05, 3.63) is 11.0 Å². The topological polar surface area (TPSA) is 66.9 Å². The third-order valence-corrected chi connectivity index (χ3v) is 3.72. The fourth-order valence-electron chi connectivity index (χ4n) is 2.63. The lowest BCUT2D eigenvalue weighted by atomic mass is 9.94. The lowest BCUT2D eigenvalue weighted by Crippen LogP contribution is -2.51. The monoisotopic (exact) mass is 252 g/mol. The maximum atomic E-state index is 12.2. The minimum atomic E-state index is -0.489. The molecule has 0 unspecified atom stereocenters. The minimum absolute atomic E-state index is 0.0246. The van der Waals surface area contributed by atoms with Gasteiger partial charge in [0.2, 0.25) is 11.2 Å². The second-order valence-corrected chi connectivity index (χ2v) is 5.01. The van der Waals surface area contributed by atoms with Gasteiger partial charge in [0, 0.05) is 0 Å². The van der Waals surface area contributed by atoms with Gasteiger partial charge >= 0.3 is 0 Å². The fourth-order valence-corrected chi connectivity index (χ4v) is 2.84. The van der Waals surface area contributed by atoms with E-state index in [4.69, 9.17) is 11.6 Å². The third kappa shape index (κ3) is 1.57. The molecule has 5 nitrogen and oxygen atoms in total. The summed E-state index contributed by atoms with van der Waals surface area (Å²) in [4.78, 5) is 20.3. The molecule has 6 heteroatoms. The molecule has 2 aliphatic rings. The number of aromatic nitrogens is 2. The lowest BCUT2D eigenvalue weighted by Gasteiger charge is -2.35. The summed E-state index contributed by atoms with van der Waals surface area (Å²) in [6.45, 7) is 1.81. The predicted octanol–water partition coefficient (Wildman–Crippen LogP) is 2.12. The van der Waals surface area contributed by atoms with E-state index in [9.17, 15) is 4.79 Å². The summed E-state index contributed by atoms with van der Waals surface area (Å²) >= 11 is 5.84. The van der Waals surface area contributed by atoms with Crippen molar-refractivity contribution in [2.24, 2.45) is 0 Å². The number of nitrogens with zero attached hydrogens (tertiary/aromatic N) is 2. The van der Waals surface area contributed by atoms with Crippen LogP contribution < -0.4 is 10.6 Å². The van der Waals surface area contributed by atoms with Gasteiger partial charge in [-0.15, -0.1) is 0 Å². The number of fused-ring (bicyclic) bond motifs is 1. The van der Waals surface area contributed by atoms with E-state index in [1.165, 1.54) is 0 Å². The van der Waals surface area contributed by atoms with E-state index in [0.29, 0.717) is 17.2 Å². The highest BCUT2D eigenvalue weighted by atomic mass is 35.5. The highest BCUT2D eigenvalue weighted by Crippen LogP contribution is 2.40. The highest BCUT2D eigenvalue weighted by Gasteiger charge is 2.45. The number of hydrogen-bond donors (Lipinski definition) is 2. The van der Waals surface area contributed by atoms with E-state index in [1.807, 2.05) is 0 Å². The van der Waals surface area contributed by atoms with Crippen LogP contribution in [0.1, 0.15) is 31.4 Å². The largest absolute Gasteiger partial charge is 0.354 e. The van der Waals surface area contributed by atoms with Gasteiger partial charge in [-0.05, 0) is 31.4 Å². The number of nitrogens with one attached hydrogen (secondary N) is 2. The number of carbonyl (C=O) groups is 1. The summed E-state index contributed by atoms with van der Waals surface area (Å²) in [5.74, 6) is 0.667. The molecule has 0 radical (unpaired) electrons. The first kappa shape index (κ1) is 10.8. The molecule has 3 rings (SSSR count). The van der Waals surface area contributed by atoms with Gasteiger partial charge in [0.25, 0.3) is 0 Å². The molecule has 1 aliphatic heterocycles. The van der Waals surface area contributed by atoms with Crippen LogP contribution in [0.2, 0.25) is 5.28 Å². The van der Waals surface area contributed by atoms with Crippen LogP contribution in [0.3, 0.4) is 0 Å². The Morgan fingerprint density at radius 3 is 2.71 bits per heavy atom. The van der Waals surface area contributed by atoms with Crippen molar-refractivity contribution in [1.29, 1.82) is 0 Å². The maximum absolute atomic E-state index is 12.2. The summed E-state index contributed by atoms with van der Waals surface area (Å²) in [6, 6.07) is 0. The van der Waals surface area contributed by atoms with E-state index in [0.717, 1.165) is 25.7 Å². The number of carbonyl (C=O) groups excluding carboxylic acids is 1. The summed E-state index contributed by atoms with van der Waals surface area (Å²) in [5, 5.41) is 6.37. The van der Waals surface area contributed by atoms with Crippen molar-refractivity contribution < 1.29 is 4.79 Å². The maximum Gasteiger partial charge on any atom is 0.250 e. The summed E-state index contributed by atoms with van der Waals surface area (Å²) < 4.78 is 0. The quantitative estimate of drug-likeness (QED) is 0.694. The van der Waals surface area contributed by atoms with Crippen LogP contribution >= 0.6 is 11.6 Å². The smallest absolute Gasteiger partial charge is 0.250 e. The van der Waals surface area contributed by atoms with Gasteiger partial charge in [-0.1, -0.05) is 12.8 Å². The lowest BCUT2D eigenvalue weighted by molar-refractivity contribution is -0.120. The molecule has 1 aromatic rings. The number of halogens is 1. The molecule has 1 aliphatic carbocycles. The van der Waals surface area contributed by atoms with Crippen LogP contribution in [0, 0.1) is 6.92 Å². The first-order valence-corrected chi connectivity index (χ1v) is 6.12. The number of anilines is 2. The van der Waals surface area contributed by atoms with Crippen LogP contribution in [0.5, 0.6) is 0 Å². The van der Waals surface area contributed by atoms with Gasteiger partial charge in [-0.25, -0.2) is 4.98 Å². The molecule has 0 atom stereocenters. The molecule has 2 N–H and O–H groups in total. The van der Waals surface area contributed by atoms with Crippen molar-refractivity contribution in [3.8, 4) is 0 Å². The zero-order valence-corrected chi connectivity index (χ0v) is 10.3. The van der Waals surface area contributed by atoms with Gasteiger partial charge in [0.15, 0.2) is 5.82 Å². The SMILES string of the molecule is Cc1nc(Cl)nc2c1NC(=O)C1(CCCC1)N2. The van der Waals surface area contributed by atoms with Crippen LogP contribution in [0.15, 0.2) is 0 Å². The molecule has 1 fully saturated rings. The molecule has 1 spiro atoms. The van der Waals surface area contributed by atoms with Crippen LogP contribution in [0.25, 0.3) is 0 Å². The Kier molecular flexibility index (Phi) is 2.26. The van der Waals surface area contributed by atoms with Gasteiger partial charge in [-0.2, -0.15) is 4.98 Å². The molecule has 1 saturated carbocycles. The number of hydrogen-bond acceptors (Lipinski definition) is 4. The Hall–Kier alpha value is -1.36. The van der Waals surface area contributed by atoms with Crippen LogP contribution in [-0.4, -0.2) is 21.4 Å². The van der Waals surface area contributed by atoms with Crippen molar-refractivity contribution in [1.82, 2.24) is 9.97 Å². The van der Waals surface area contributed by atoms with E-state index in [2.05, 4.69) is 20.6 Å². The summed E-state index contributed by atoms with van der Waals surface area (Å²) in [6.07, 6.45) is 3.82. The molecule has 1 aromatic heterocycles. The zero-order chi connectivity index (χ0) is 12.0. The van der Waals surface area contributed by atoms with Crippen molar-refractivity contribution in [2.45, 2.75) is 38.1 Å². The van der Waals surface area contributed by atoms with E-state index >= 15 is 0 Å². The molecule has 90 valence electrons. The Labute approximate surface area is 104 Å². The average Bonchev–Trinajstić information content (AvgIpc) is 2.71. The first-order valence-electron chi connectivity index (χ1n) is 5.74. The van der Waals surface area contributed by atoms with Crippen molar-refractivity contribution in [2.75, 3.05) is 10.6 Å². The number of amides is 1. The average molecular weight is 253 g/mol. The number of rotatable bonds is 0. The van der Waals surface area contributed by atoms with Crippen molar-refractivity contribution >= 4 is 29.0 Å². The molecule has 2 heterocycles. The van der Waals surface area contributed by atoms with Crippen LogP contribution in [0.4, 0.5) is 11.5 Å². The van der Waals surface area contributed by atoms with Crippen molar-refractivity contribution in [3.63, 3.8) is 0 Å². The Bertz CT molecular complexity index is 496. The molecular formula is C11H13ClN4O. The molecule has 1 amide bonds. The van der Waals surface area contributed by atoms with Crippen LogP contribution in [-0.2, 0) is 4.79 Å². The van der Waals surface area contributed by atoms with Gasteiger partial charge in [-0.3, -0.25) is 4.79 Å². The predicted molar refractivity (Wildman–Crippen MR) is 65.2 cm³/mol.